The van der Waals surface area contributed by atoms with Crippen molar-refractivity contribution < 1.29 is 13.2 Å². The van der Waals surface area contributed by atoms with Gasteiger partial charge >= 0.3 is 0 Å². The first kappa shape index (κ1) is 15.9. The zero-order valence-electron chi connectivity index (χ0n) is 11.5. The van der Waals surface area contributed by atoms with Crippen LogP contribution in [0, 0.1) is 0 Å². The molecule has 110 valence electrons. The molecule has 3 N–H and O–H groups in total. The van der Waals surface area contributed by atoms with Crippen molar-refractivity contribution in [2.24, 2.45) is 7.05 Å². The molecule has 9 heteroatoms. The van der Waals surface area contributed by atoms with Gasteiger partial charge in [-0.3, -0.25) is 0 Å². The molecule has 0 aliphatic heterocycles. The average molecular weight is 291 g/mol. The molecule has 0 aliphatic carbocycles. The number of imidazole rings is 1. The van der Waals surface area contributed by atoms with E-state index in [0.29, 0.717) is 19.7 Å². The maximum atomic E-state index is 12.0. The number of likely N-dealkylation sites (N-methyl/N-ethyl adjacent to an activating group) is 1. The van der Waals surface area contributed by atoms with Crippen LogP contribution in [0.4, 0.5) is 5.82 Å². The van der Waals surface area contributed by atoms with E-state index in [2.05, 4.69) is 9.71 Å². The summed E-state index contributed by atoms with van der Waals surface area (Å²) in [6, 6.07) is 0. The van der Waals surface area contributed by atoms with Gasteiger partial charge in [0, 0.05) is 33.8 Å². The highest BCUT2D eigenvalue weighted by atomic mass is 32.2. The second-order valence-electron chi connectivity index (χ2n) is 4.24. The highest BCUT2D eigenvalue weighted by molar-refractivity contribution is 7.89. The van der Waals surface area contributed by atoms with Gasteiger partial charge in [0.1, 0.15) is 0 Å². The number of anilines is 1. The van der Waals surface area contributed by atoms with E-state index in [-0.39, 0.29) is 10.8 Å². The summed E-state index contributed by atoms with van der Waals surface area (Å²) in [4.78, 5) is 5.73. The predicted octanol–water partition coefficient (Wildman–Crippen LogP) is -1.14. The lowest BCUT2D eigenvalue weighted by atomic mass is 10.5. The first-order chi connectivity index (χ1) is 8.88. The summed E-state index contributed by atoms with van der Waals surface area (Å²) in [7, 11) is 1.48. The Bertz CT molecular complexity index is 480. The summed E-state index contributed by atoms with van der Waals surface area (Å²) in [5.74, 6) is 0.00253. The molecule has 0 bridgehead atoms. The van der Waals surface area contributed by atoms with Gasteiger partial charge in [0.2, 0.25) is 0 Å². The largest absolute Gasteiger partial charge is 0.383 e. The number of rotatable bonds is 8. The van der Waals surface area contributed by atoms with Gasteiger partial charge in [-0.05, 0) is 7.05 Å². The quantitative estimate of drug-likeness (QED) is 0.627. The topological polar surface area (TPSA) is 102 Å². The molecule has 0 saturated carbocycles. The fourth-order valence-corrected chi connectivity index (χ4v) is 2.81. The Hall–Kier alpha value is -1.16. The Labute approximate surface area is 113 Å². The minimum atomic E-state index is -3.63. The smallest absolute Gasteiger partial charge is 0.260 e. The SMILES string of the molecule is COCCN(C)CCNS(=O)(=O)c1c(N)ncn1C. The normalized spacial score (nSPS) is 12.2. The minimum absolute atomic E-state index is 0.00253. The van der Waals surface area contributed by atoms with Gasteiger partial charge in [-0.15, -0.1) is 0 Å². The molecular formula is C10H21N5O3S. The Kier molecular flexibility index (Phi) is 5.73. The van der Waals surface area contributed by atoms with Crippen molar-refractivity contribution in [1.29, 1.82) is 0 Å². The molecule has 0 saturated heterocycles. The van der Waals surface area contributed by atoms with Crippen LogP contribution in [0.1, 0.15) is 0 Å². The fourth-order valence-electron chi connectivity index (χ4n) is 1.56. The summed E-state index contributed by atoms with van der Waals surface area (Å²) in [5.41, 5.74) is 5.55. The number of nitrogens with two attached hydrogens (primary N) is 1. The molecule has 0 unspecified atom stereocenters. The number of aryl methyl sites for hydroxylation is 1. The third-order valence-corrected chi connectivity index (χ3v) is 4.22. The van der Waals surface area contributed by atoms with E-state index in [9.17, 15) is 8.42 Å². The Morgan fingerprint density at radius 2 is 2.21 bits per heavy atom. The second-order valence-corrected chi connectivity index (χ2v) is 5.92. The molecule has 0 aliphatic rings. The van der Waals surface area contributed by atoms with Crippen LogP contribution in [-0.2, 0) is 21.8 Å². The molecular weight excluding hydrogens is 270 g/mol. The summed E-state index contributed by atoms with van der Waals surface area (Å²) in [6.07, 6.45) is 1.37. The summed E-state index contributed by atoms with van der Waals surface area (Å²) in [5, 5.41) is -0.00737. The molecule has 0 aromatic carbocycles. The highest BCUT2D eigenvalue weighted by Gasteiger charge is 2.21. The number of nitrogens with zero attached hydrogens (tertiary/aromatic N) is 3. The van der Waals surface area contributed by atoms with Crippen molar-refractivity contribution >= 4 is 15.8 Å². The van der Waals surface area contributed by atoms with E-state index >= 15 is 0 Å². The third-order valence-electron chi connectivity index (χ3n) is 2.63. The van der Waals surface area contributed by atoms with Crippen molar-refractivity contribution in [2.45, 2.75) is 5.03 Å². The van der Waals surface area contributed by atoms with Gasteiger partial charge in [0.25, 0.3) is 10.0 Å². The van der Waals surface area contributed by atoms with E-state index in [4.69, 9.17) is 10.5 Å². The second kappa shape index (κ2) is 6.85. The van der Waals surface area contributed by atoms with Crippen LogP contribution in [0.2, 0.25) is 0 Å². The van der Waals surface area contributed by atoms with Crippen molar-refractivity contribution in [2.75, 3.05) is 46.1 Å². The van der Waals surface area contributed by atoms with E-state index < -0.39 is 10.0 Å². The van der Waals surface area contributed by atoms with E-state index in [1.807, 2.05) is 11.9 Å². The fraction of sp³-hybridized carbons (Fsp3) is 0.700. The summed E-state index contributed by atoms with van der Waals surface area (Å²) in [6.45, 7) is 2.23. The zero-order chi connectivity index (χ0) is 14.5. The van der Waals surface area contributed by atoms with E-state index in [1.54, 1.807) is 14.2 Å². The van der Waals surface area contributed by atoms with Gasteiger partial charge in [-0.2, -0.15) is 0 Å². The standard InChI is InChI=1S/C10H21N5O3S/c1-14(6-7-18-3)5-4-13-19(16,17)10-9(11)12-8-15(10)2/h8,13H,4-7,11H2,1-3H3. The molecule has 0 fully saturated rings. The van der Waals surface area contributed by atoms with Crippen LogP contribution in [0.15, 0.2) is 11.4 Å². The molecule has 0 radical (unpaired) electrons. The molecule has 0 spiro atoms. The van der Waals surface area contributed by atoms with Crippen molar-refractivity contribution in [3.63, 3.8) is 0 Å². The minimum Gasteiger partial charge on any atom is -0.383 e. The monoisotopic (exact) mass is 291 g/mol. The average Bonchev–Trinajstić information content (AvgIpc) is 2.66. The van der Waals surface area contributed by atoms with Crippen LogP contribution in [-0.4, -0.2) is 63.3 Å². The lowest BCUT2D eigenvalue weighted by Gasteiger charge is -2.16. The maximum absolute atomic E-state index is 12.0. The van der Waals surface area contributed by atoms with Gasteiger partial charge in [0.05, 0.1) is 12.9 Å². The van der Waals surface area contributed by atoms with Crippen LogP contribution in [0.3, 0.4) is 0 Å². The maximum Gasteiger partial charge on any atom is 0.260 e. The molecule has 1 rings (SSSR count). The molecule has 19 heavy (non-hydrogen) atoms. The molecule has 1 aromatic rings. The van der Waals surface area contributed by atoms with Crippen molar-refractivity contribution in [3.05, 3.63) is 6.33 Å². The first-order valence-electron chi connectivity index (χ1n) is 5.82. The Morgan fingerprint density at radius 3 is 2.74 bits per heavy atom. The number of hydrogen-bond acceptors (Lipinski definition) is 6. The third kappa shape index (κ3) is 4.46. The highest BCUT2D eigenvalue weighted by Crippen LogP contribution is 2.14. The van der Waals surface area contributed by atoms with Gasteiger partial charge < -0.3 is 19.9 Å². The van der Waals surface area contributed by atoms with E-state index in [0.717, 1.165) is 6.54 Å². The lowest BCUT2D eigenvalue weighted by molar-refractivity contribution is 0.162. The molecule has 0 amide bonds. The lowest BCUT2D eigenvalue weighted by Crippen LogP contribution is -2.35. The first-order valence-corrected chi connectivity index (χ1v) is 7.30. The summed E-state index contributed by atoms with van der Waals surface area (Å²) < 4.78 is 32.9. The molecule has 1 aromatic heterocycles. The Balaban J connectivity index is 2.53. The molecule has 8 nitrogen and oxygen atoms in total. The van der Waals surface area contributed by atoms with Crippen LogP contribution in [0.25, 0.3) is 0 Å². The van der Waals surface area contributed by atoms with Gasteiger partial charge in [-0.1, -0.05) is 0 Å². The van der Waals surface area contributed by atoms with Crippen LogP contribution >= 0.6 is 0 Å². The number of ether oxygens (including phenoxy) is 1. The van der Waals surface area contributed by atoms with Crippen LogP contribution in [0.5, 0.6) is 0 Å². The number of methoxy groups -OCH3 is 1. The number of nitrogen functional groups attached to an aromatic ring is 1. The van der Waals surface area contributed by atoms with Crippen molar-refractivity contribution in [3.8, 4) is 0 Å². The van der Waals surface area contributed by atoms with Gasteiger partial charge in [0.15, 0.2) is 10.8 Å². The number of sulfonamides is 1. The van der Waals surface area contributed by atoms with Gasteiger partial charge in [-0.25, -0.2) is 18.1 Å². The predicted molar refractivity (Wildman–Crippen MR) is 72.2 cm³/mol. The van der Waals surface area contributed by atoms with Crippen molar-refractivity contribution in [1.82, 2.24) is 19.2 Å². The Morgan fingerprint density at radius 1 is 1.53 bits per heavy atom. The zero-order valence-corrected chi connectivity index (χ0v) is 12.3. The van der Waals surface area contributed by atoms with Crippen LogP contribution < -0.4 is 10.5 Å². The number of aromatic nitrogens is 2. The number of nitrogens with one attached hydrogen (secondary N) is 1. The summed E-state index contributed by atoms with van der Waals surface area (Å²) >= 11 is 0. The molecule has 0 atom stereocenters. The van der Waals surface area contributed by atoms with E-state index in [1.165, 1.54) is 10.9 Å². The number of hydrogen-bond donors (Lipinski definition) is 2. The molecule has 1 heterocycles.